The molecule has 166 valence electrons. The molecule has 2 amide bonds. The van der Waals surface area contributed by atoms with Gasteiger partial charge in [0.25, 0.3) is 5.92 Å². The van der Waals surface area contributed by atoms with Crippen LogP contribution in [0.2, 0.25) is 0 Å². The number of hydrogen-bond acceptors (Lipinski definition) is 5. The van der Waals surface area contributed by atoms with Crippen LogP contribution in [-0.4, -0.2) is 54.1 Å². The Morgan fingerprint density at radius 1 is 1.20 bits per heavy atom. The number of benzene rings is 1. The van der Waals surface area contributed by atoms with Crippen molar-refractivity contribution >= 4 is 18.0 Å². The summed E-state index contributed by atoms with van der Waals surface area (Å²) in [6, 6.07) is 4.49. The molecular weight excluding hydrogens is 398 g/mol. The van der Waals surface area contributed by atoms with Gasteiger partial charge in [0, 0.05) is 19.4 Å². The Morgan fingerprint density at radius 3 is 2.33 bits per heavy atom. The van der Waals surface area contributed by atoms with Gasteiger partial charge >= 0.3 is 12.1 Å². The summed E-state index contributed by atoms with van der Waals surface area (Å²) in [4.78, 5) is 37.9. The molecule has 2 atom stereocenters. The number of carbonyl (C=O) groups excluding carboxylic acids is 3. The average molecular weight is 426 g/mol. The van der Waals surface area contributed by atoms with Gasteiger partial charge in [-0.3, -0.25) is 9.69 Å². The third-order valence-corrected chi connectivity index (χ3v) is 4.71. The predicted molar refractivity (Wildman–Crippen MR) is 105 cm³/mol. The topological polar surface area (TPSA) is 84.9 Å². The van der Waals surface area contributed by atoms with Crippen molar-refractivity contribution in [2.75, 3.05) is 13.7 Å². The number of nitrogens with zero attached hydrogens (tertiary/aromatic N) is 1. The van der Waals surface area contributed by atoms with Gasteiger partial charge in [0.1, 0.15) is 11.6 Å². The monoisotopic (exact) mass is 426 g/mol. The average Bonchev–Trinajstić information content (AvgIpc) is 2.65. The number of rotatable bonds is 4. The van der Waals surface area contributed by atoms with Gasteiger partial charge in [0.05, 0.1) is 18.7 Å². The molecule has 1 saturated heterocycles. The first kappa shape index (κ1) is 23.6. The van der Waals surface area contributed by atoms with Crippen LogP contribution >= 0.6 is 0 Å². The van der Waals surface area contributed by atoms with E-state index < -0.39 is 54.4 Å². The van der Waals surface area contributed by atoms with Crippen molar-refractivity contribution in [2.24, 2.45) is 0 Å². The number of nitrogens with one attached hydrogen (secondary N) is 1. The lowest BCUT2D eigenvalue weighted by atomic mass is 9.97. The minimum atomic E-state index is -3.05. The lowest BCUT2D eigenvalue weighted by molar-refractivity contribution is -0.137. The molecule has 1 heterocycles. The largest absolute Gasteiger partial charge is 0.465 e. The number of alkyl halides is 2. The van der Waals surface area contributed by atoms with E-state index in [0.717, 1.165) is 4.90 Å². The van der Waals surface area contributed by atoms with Crippen molar-refractivity contribution in [3.05, 3.63) is 35.4 Å². The highest BCUT2D eigenvalue weighted by Crippen LogP contribution is 2.33. The molecule has 1 fully saturated rings. The Balaban J connectivity index is 2.13. The normalized spacial score (nSPS) is 19.6. The second-order valence-corrected chi connectivity index (χ2v) is 8.34. The molecule has 0 spiro atoms. The number of carbonyl (C=O) groups is 3. The Kier molecular flexibility index (Phi) is 7.05. The SMILES string of the molecule is COC(=O)c1ccc([C@H](C)NC(=O)C2CC(F)(F)CCN2C(=O)OC(C)(C)C)cc1. The summed E-state index contributed by atoms with van der Waals surface area (Å²) >= 11 is 0. The molecule has 2 rings (SSSR count). The fraction of sp³-hybridized carbons (Fsp3) is 0.571. The van der Waals surface area contributed by atoms with Crippen LogP contribution in [0.4, 0.5) is 13.6 Å². The Hall–Kier alpha value is -2.71. The highest BCUT2D eigenvalue weighted by molar-refractivity contribution is 5.89. The molecule has 0 radical (unpaired) electrons. The summed E-state index contributed by atoms with van der Waals surface area (Å²) in [6.45, 7) is 6.40. The quantitative estimate of drug-likeness (QED) is 0.743. The maximum absolute atomic E-state index is 14.0. The Morgan fingerprint density at radius 2 is 1.80 bits per heavy atom. The Labute approximate surface area is 174 Å². The van der Waals surface area contributed by atoms with Gasteiger partial charge in [-0.25, -0.2) is 18.4 Å². The van der Waals surface area contributed by atoms with Crippen molar-refractivity contribution in [1.82, 2.24) is 10.2 Å². The Bertz CT molecular complexity index is 790. The van der Waals surface area contributed by atoms with Crippen LogP contribution in [0.3, 0.4) is 0 Å². The van der Waals surface area contributed by atoms with Crippen molar-refractivity contribution in [2.45, 2.75) is 64.1 Å². The number of halogens is 2. The van der Waals surface area contributed by atoms with Crippen LogP contribution in [0.5, 0.6) is 0 Å². The molecule has 0 saturated carbocycles. The second-order valence-electron chi connectivity index (χ2n) is 8.34. The van der Waals surface area contributed by atoms with Gasteiger partial charge in [-0.05, 0) is 45.4 Å². The maximum atomic E-state index is 14.0. The van der Waals surface area contributed by atoms with E-state index in [9.17, 15) is 23.2 Å². The highest BCUT2D eigenvalue weighted by atomic mass is 19.3. The lowest BCUT2D eigenvalue weighted by Gasteiger charge is -2.39. The van der Waals surface area contributed by atoms with Crippen LogP contribution in [0, 0.1) is 0 Å². The predicted octanol–water partition coefficient (Wildman–Crippen LogP) is 3.69. The van der Waals surface area contributed by atoms with Gasteiger partial charge in [-0.1, -0.05) is 12.1 Å². The van der Waals surface area contributed by atoms with Gasteiger partial charge < -0.3 is 14.8 Å². The van der Waals surface area contributed by atoms with E-state index in [1.165, 1.54) is 7.11 Å². The number of piperidine rings is 1. The summed E-state index contributed by atoms with van der Waals surface area (Å²) in [5.74, 6) is -4.23. The molecule has 30 heavy (non-hydrogen) atoms. The first-order valence-electron chi connectivity index (χ1n) is 9.69. The first-order chi connectivity index (χ1) is 13.8. The molecule has 0 bridgehead atoms. The molecule has 0 aromatic heterocycles. The van der Waals surface area contributed by atoms with Crippen molar-refractivity contribution in [1.29, 1.82) is 0 Å². The molecule has 1 unspecified atom stereocenters. The molecule has 1 aliphatic rings. The zero-order valence-corrected chi connectivity index (χ0v) is 17.8. The van der Waals surface area contributed by atoms with E-state index in [1.807, 2.05) is 0 Å². The summed E-state index contributed by atoms with van der Waals surface area (Å²) in [5, 5.41) is 2.68. The minimum Gasteiger partial charge on any atom is -0.465 e. The van der Waals surface area contributed by atoms with Crippen LogP contribution in [0.25, 0.3) is 0 Å². The van der Waals surface area contributed by atoms with Gasteiger partial charge in [-0.15, -0.1) is 0 Å². The van der Waals surface area contributed by atoms with E-state index in [-0.39, 0.29) is 6.54 Å². The van der Waals surface area contributed by atoms with Crippen LogP contribution in [-0.2, 0) is 14.3 Å². The lowest BCUT2D eigenvalue weighted by Crippen LogP contribution is -2.57. The number of esters is 1. The van der Waals surface area contributed by atoms with E-state index >= 15 is 0 Å². The zero-order chi connectivity index (χ0) is 22.7. The third kappa shape index (κ3) is 6.14. The van der Waals surface area contributed by atoms with Crippen molar-refractivity contribution in [3.8, 4) is 0 Å². The maximum Gasteiger partial charge on any atom is 0.410 e. The molecule has 1 N–H and O–H groups in total. The van der Waals surface area contributed by atoms with Crippen LogP contribution in [0.1, 0.15) is 62.5 Å². The number of hydrogen-bond donors (Lipinski definition) is 1. The standard InChI is InChI=1S/C21H28F2N2O5/c1-13(14-6-8-15(9-7-14)18(27)29-5)24-17(26)16-12-21(22,23)10-11-25(16)19(28)30-20(2,3)4/h6-9,13,16H,10-12H2,1-5H3,(H,24,26)/t13-,16?/m0/s1. The smallest absolute Gasteiger partial charge is 0.410 e. The van der Waals surface area contributed by atoms with Gasteiger partial charge in [-0.2, -0.15) is 0 Å². The molecule has 1 aromatic rings. The van der Waals surface area contributed by atoms with Crippen LogP contribution < -0.4 is 5.32 Å². The number of ether oxygens (including phenoxy) is 2. The molecule has 1 aliphatic heterocycles. The summed E-state index contributed by atoms with van der Waals surface area (Å²) in [6.07, 6.45) is -2.10. The minimum absolute atomic E-state index is 0.276. The van der Waals surface area contributed by atoms with Gasteiger partial charge in [0.15, 0.2) is 0 Å². The van der Waals surface area contributed by atoms with Gasteiger partial charge in [0.2, 0.25) is 5.91 Å². The molecule has 7 nitrogen and oxygen atoms in total. The second kappa shape index (κ2) is 8.97. The molecule has 1 aromatic carbocycles. The third-order valence-electron chi connectivity index (χ3n) is 4.71. The summed E-state index contributed by atoms with van der Waals surface area (Å²) < 4.78 is 37.9. The number of amides is 2. The van der Waals surface area contributed by atoms with Crippen molar-refractivity contribution < 1.29 is 32.6 Å². The fourth-order valence-corrected chi connectivity index (χ4v) is 3.13. The molecule has 9 heteroatoms. The summed E-state index contributed by atoms with van der Waals surface area (Å²) in [5.41, 5.74) is 0.206. The van der Waals surface area contributed by atoms with E-state index in [4.69, 9.17) is 4.74 Å². The molecular formula is C21H28F2N2O5. The van der Waals surface area contributed by atoms with Crippen molar-refractivity contribution in [3.63, 3.8) is 0 Å². The molecule has 0 aliphatic carbocycles. The van der Waals surface area contributed by atoms with E-state index in [2.05, 4.69) is 10.1 Å². The fourth-order valence-electron chi connectivity index (χ4n) is 3.13. The zero-order valence-electron chi connectivity index (χ0n) is 17.8. The van der Waals surface area contributed by atoms with Crippen LogP contribution in [0.15, 0.2) is 24.3 Å². The highest BCUT2D eigenvalue weighted by Gasteiger charge is 2.46. The number of methoxy groups -OCH3 is 1. The number of likely N-dealkylation sites (tertiary alicyclic amines) is 1. The summed E-state index contributed by atoms with van der Waals surface area (Å²) in [7, 11) is 1.27. The first-order valence-corrected chi connectivity index (χ1v) is 9.69. The van der Waals surface area contributed by atoms with E-state index in [0.29, 0.717) is 11.1 Å². The van der Waals surface area contributed by atoms with E-state index in [1.54, 1.807) is 52.0 Å².